The molecule has 0 amide bonds. The molecule has 0 aromatic heterocycles. The summed E-state index contributed by atoms with van der Waals surface area (Å²) in [6, 6.07) is 1.25. The molecule has 0 aromatic carbocycles. The van der Waals surface area contributed by atoms with Gasteiger partial charge in [0.1, 0.15) is 0 Å². The van der Waals surface area contributed by atoms with Crippen LogP contribution in [0.15, 0.2) is 0 Å². The Balaban J connectivity index is 2.54. The Morgan fingerprint density at radius 2 is 1.60 bits per heavy atom. The molecule has 0 spiro atoms. The van der Waals surface area contributed by atoms with Gasteiger partial charge in [-0.2, -0.15) is 0 Å². The van der Waals surface area contributed by atoms with Crippen LogP contribution in [0.5, 0.6) is 0 Å². The third-order valence-corrected chi connectivity index (χ3v) is 0.500. The van der Waals surface area contributed by atoms with Crippen molar-refractivity contribution in [2.45, 2.75) is 13.8 Å². The zero-order valence-electron chi connectivity index (χ0n) is 4.00. The monoisotopic (exact) mass is 72.1 g/mol. The smallest absolute Gasteiger partial charge is 0.0298 e. The van der Waals surface area contributed by atoms with Crippen LogP contribution in [-0.4, -0.2) is 7.05 Å². The molecule has 5 heavy (non-hydrogen) atoms. The van der Waals surface area contributed by atoms with Crippen molar-refractivity contribution in [2.24, 2.45) is 0 Å². The number of hydrogen-bond donors (Lipinski definition) is 1. The summed E-state index contributed by atoms with van der Waals surface area (Å²) >= 11 is 0. The number of hydrogen-bond acceptors (Lipinski definition) is 1. The topological polar surface area (TPSA) is 12.0 Å². The molecule has 1 N–H and O–H groups in total. The first-order valence-electron chi connectivity index (χ1n) is 1.75. The van der Waals surface area contributed by atoms with E-state index < -0.39 is 0 Å². The first-order chi connectivity index (χ1) is 2.27. The maximum absolute atomic E-state index is 2.94. The van der Waals surface area contributed by atoms with Gasteiger partial charge in [-0.25, -0.2) is 0 Å². The van der Waals surface area contributed by atoms with Crippen LogP contribution in [-0.2, 0) is 0 Å². The molecule has 0 rings (SSSR count). The molecule has 0 aromatic rings. The molecule has 0 unspecified atom stereocenters. The van der Waals surface area contributed by atoms with Gasteiger partial charge < -0.3 is 5.32 Å². The lowest BCUT2D eigenvalue weighted by atomic mass is 10.4. The van der Waals surface area contributed by atoms with Gasteiger partial charge in [0, 0.05) is 6.04 Å². The van der Waals surface area contributed by atoms with E-state index in [9.17, 15) is 0 Å². The highest BCUT2D eigenvalue weighted by molar-refractivity contribution is 4.67. The van der Waals surface area contributed by atoms with E-state index in [1.54, 1.807) is 0 Å². The molecule has 0 aliphatic carbocycles. The second kappa shape index (κ2) is 2.21. The Bertz CT molecular complexity index is 17.6. The lowest BCUT2D eigenvalue weighted by Gasteiger charge is -1.93. The van der Waals surface area contributed by atoms with Gasteiger partial charge in [-0.05, 0) is 20.9 Å². The fourth-order valence-corrected chi connectivity index (χ4v) is 0. The third kappa shape index (κ3) is 3.96. The lowest BCUT2D eigenvalue weighted by molar-refractivity contribution is 0.832. The van der Waals surface area contributed by atoms with Crippen LogP contribution < -0.4 is 5.32 Å². The molecule has 0 aliphatic heterocycles. The summed E-state index contributed by atoms with van der Waals surface area (Å²) in [7, 11) is 1.91. The molecule has 0 bridgehead atoms. The van der Waals surface area contributed by atoms with Crippen LogP contribution in [0, 0.1) is 6.04 Å². The van der Waals surface area contributed by atoms with Gasteiger partial charge in [-0.1, -0.05) is 0 Å². The van der Waals surface area contributed by atoms with Crippen molar-refractivity contribution >= 4 is 0 Å². The Morgan fingerprint density at radius 1 is 1.40 bits per heavy atom. The summed E-state index contributed by atoms with van der Waals surface area (Å²) in [4.78, 5) is 0. The quantitative estimate of drug-likeness (QED) is 0.482. The van der Waals surface area contributed by atoms with Crippen LogP contribution >= 0.6 is 0 Å². The second-order valence-electron chi connectivity index (χ2n) is 1.25. The summed E-state index contributed by atoms with van der Waals surface area (Å²) in [5.41, 5.74) is 0. The average Bonchev–Trinajstić information content (AvgIpc) is 1.38. The van der Waals surface area contributed by atoms with E-state index in [1.165, 1.54) is 6.04 Å². The van der Waals surface area contributed by atoms with Gasteiger partial charge in [-0.15, -0.1) is 0 Å². The Labute approximate surface area is 33.4 Å². The molecule has 0 atom stereocenters. The van der Waals surface area contributed by atoms with Crippen molar-refractivity contribution in [2.75, 3.05) is 7.05 Å². The van der Waals surface area contributed by atoms with Crippen molar-refractivity contribution in [3.05, 3.63) is 6.04 Å². The molecular formula is C4H10N. The third-order valence-electron chi connectivity index (χ3n) is 0.500. The first kappa shape index (κ1) is 4.96. The first-order valence-corrected chi connectivity index (χ1v) is 1.75. The molecular weight excluding hydrogens is 62.1 g/mol. The van der Waals surface area contributed by atoms with Gasteiger partial charge in [0.2, 0.25) is 0 Å². The zero-order valence-corrected chi connectivity index (χ0v) is 4.00. The van der Waals surface area contributed by atoms with Gasteiger partial charge in [0.05, 0.1) is 0 Å². The predicted molar refractivity (Wildman–Crippen MR) is 23.7 cm³/mol. The molecule has 0 saturated carbocycles. The van der Waals surface area contributed by atoms with Crippen molar-refractivity contribution in [3.8, 4) is 0 Å². The molecule has 1 heteroatoms. The Hall–Kier alpha value is -0.0400. The van der Waals surface area contributed by atoms with E-state index in [4.69, 9.17) is 0 Å². The lowest BCUT2D eigenvalue weighted by Crippen LogP contribution is -2.06. The normalized spacial score (nSPS) is 9.60. The van der Waals surface area contributed by atoms with E-state index in [2.05, 4.69) is 5.32 Å². The van der Waals surface area contributed by atoms with Crippen LogP contribution in [0.3, 0.4) is 0 Å². The minimum atomic E-state index is 1.25. The largest absolute Gasteiger partial charge is 0.313 e. The highest BCUT2D eigenvalue weighted by atomic mass is 14.8. The predicted octanol–water partition coefficient (Wildman–Crippen LogP) is 0.778. The van der Waals surface area contributed by atoms with Crippen LogP contribution in [0.25, 0.3) is 0 Å². The molecule has 1 nitrogen and oxygen atoms in total. The van der Waals surface area contributed by atoms with Crippen molar-refractivity contribution in [3.63, 3.8) is 0 Å². The van der Waals surface area contributed by atoms with Crippen LogP contribution in [0.4, 0.5) is 0 Å². The SMILES string of the molecule is CN[C](C)C. The van der Waals surface area contributed by atoms with Gasteiger partial charge >= 0.3 is 0 Å². The molecule has 0 fully saturated rings. The minimum Gasteiger partial charge on any atom is -0.313 e. The van der Waals surface area contributed by atoms with E-state index in [0.717, 1.165) is 0 Å². The highest BCUT2D eigenvalue weighted by Crippen LogP contribution is 1.79. The summed E-state index contributed by atoms with van der Waals surface area (Å²) in [6.45, 7) is 4.06. The van der Waals surface area contributed by atoms with Crippen LogP contribution in [0.1, 0.15) is 13.8 Å². The molecule has 31 valence electrons. The minimum absolute atomic E-state index is 1.25. The van der Waals surface area contributed by atoms with Crippen molar-refractivity contribution < 1.29 is 0 Å². The average molecular weight is 72.1 g/mol. The van der Waals surface area contributed by atoms with Crippen molar-refractivity contribution in [1.29, 1.82) is 0 Å². The van der Waals surface area contributed by atoms with E-state index in [-0.39, 0.29) is 0 Å². The highest BCUT2D eigenvalue weighted by Gasteiger charge is 1.78. The summed E-state index contributed by atoms with van der Waals surface area (Å²) in [5.74, 6) is 0. The zero-order chi connectivity index (χ0) is 4.28. The number of rotatable bonds is 1. The Morgan fingerprint density at radius 3 is 1.60 bits per heavy atom. The second-order valence-corrected chi connectivity index (χ2v) is 1.25. The standard InChI is InChI=1S/C4H10N/c1-4(2)5-3/h5H,1-3H3. The molecule has 0 saturated heterocycles. The molecule has 0 heterocycles. The van der Waals surface area contributed by atoms with E-state index in [1.807, 2.05) is 20.9 Å². The fraction of sp³-hybridized carbons (Fsp3) is 0.750. The summed E-state index contributed by atoms with van der Waals surface area (Å²) in [6.07, 6.45) is 0. The van der Waals surface area contributed by atoms with E-state index in [0.29, 0.717) is 0 Å². The maximum Gasteiger partial charge on any atom is 0.0298 e. The fourth-order valence-electron chi connectivity index (χ4n) is 0. The van der Waals surface area contributed by atoms with Gasteiger partial charge in [0.25, 0.3) is 0 Å². The van der Waals surface area contributed by atoms with E-state index >= 15 is 0 Å². The number of nitrogens with one attached hydrogen (secondary N) is 1. The van der Waals surface area contributed by atoms with Crippen molar-refractivity contribution in [1.82, 2.24) is 5.32 Å². The summed E-state index contributed by atoms with van der Waals surface area (Å²) in [5, 5.41) is 2.94. The molecule has 0 aliphatic rings. The van der Waals surface area contributed by atoms with Gasteiger partial charge in [0.15, 0.2) is 0 Å². The Kier molecular flexibility index (Phi) is 2.19. The molecule has 1 radical (unpaired) electrons. The summed E-state index contributed by atoms with van der Waals surface area (Å²) < 4.78 is 0. The van der Waals surface area contributed by atoms with Gasteiger partial charge in [-0.3, -0.25) is 0 Å². The van der Waals surface area contributed by atoms with Crippen LogP contribution in [0.2, 0.25) is 0 Å². The maximum atomic E-state index is 2.94.